The molecular weight excluding hydrogens is 286 g/mol. The van der Waals surface area contributed by atoms with E-state index in [1.165, 1.54) is 12.8 Å². The van der Waals surface area contributed by atoms with Gasteiger partial charge in [0.15, 0.2) is 9.84 Å². The molecule has 118 valence electrons. The summed E-state index contributed by atoms with van der Waals surface area (Å²) in [7, 11) is -0.802. The third-order valence-corrected chi connectivity index (χ3v) is 7.11. The van der Waals surface area contributed by atoms with Crippen molar-refractivity contribution in [2.75, 3.05) is 18.6 Å². The molecule has 6 heteroatoms. The van der Waals surface area contributed by atoms with Gasteiger partial charge in [-0.3, -0.25) is 10.2 Å². The van der Waals surface area contributed by atoms with Gasteiger partial charge in [0.1, 0.15) is 5.54 Å². The lowest BCUT2D eigenvalue weighted by atomic mass is 9.79. The molecule has 3 fully saturated rings. The van der Waals surface area contributed by atoms with Gasteiger partial charge in [-0.15, -0.1) is 0 Å². The molecule has 3 unspecified atom stereocenters. The van der Waals surface area contributed by atoms with Gasteiger partial charge in [0.2, 0.25) is 0 Å². The highest BCUT2D eigenvalue weighted by Crippen LogP contribution is 2.35. The van der Waals surface area contributed by atoms with E-state index >= 15 is 0 Å². The Hall–Kier alpha value is -0.640. The van der Waals surface area contributed by atoms with Crippen LogP contribution in [0.1, 0.15) is 44.9 Å². The molecule has 21 heavy (non-hydrogen) atoms. The van der Waals surface area contributed by atoms with Gasteiger partial charge in [-0.1, -0.05) is 0 Å². The van der Waals surface area contributed by atoms with E-state index in [4.69, 9.17) is 0 Å². The van der Waals surface area contributed by atoms with Gasteiger partial charge in [-0.25, -0.2) is 8.42 Å². The molecular formula is C15H25N3O2S. The van der Waals surface area contributed by atoms with E-state index in [1.54, 1.807) is 0 Å². The van der Waals surface area contributed by atoms with Crippen LogP contribution >= 0.6 is 0 Å². The second kappa shape index (κ2) is 5.53. The van der Waals surface area contributed by atoms with Crippen LogP contribution in [0.15, 0.2) is 0 Å². The van der Waals surface area contributed by atoms with Crippen LogP contribution in [-0.2, 0) is 9.84 Å². The molecule has 0 radical (unpaired) electrons. The molecule has 1 N–H and O–H groups in total. The minimum Gasteiger partial charge on any atom is -0.299 e. The molecule has 0 bridgehead atoms. The van der Waals surface area contributed by atoms with E-state index < -0.39 is 15.4 Å². The van der Waals surface area contributed by atoms with E-state index in [1.807, 2.05) is 7.05 Å². The summed E-state index contributed by atoms with van der Waals surface area (Å²) in [6, 6.07) is 3.51. The monoisotopic (exact) mass is 311 g/mol. The van der Waals surface area contributed by atoms with E-state index in [-0.39, 0.29) is 11.8 Å². The molecule has 0 spiro atoms. The molecule has 3 aliphatic rings. The molecule has 1 saturated heterocycles. The maximum atomic E-state index is 11.7. The topological polar surface area (TPSA) is 73.2 Å². The summed E-state index contributed by atoms with van der Waals surface area (Å²) >= 11 is 0. The van der Waals surface area contributed by atoms with E-state index in [9.17, 15) is 13.7 Å². The van der Waals surface area contributed by atoms with Crippen molar-refractivity contribution in [3.8, 4) is 6.07 Å². The lowest BCUT2D eigenvalue weighted by Crippen LogP contribution is -2.54. The molecule has 3 atom stereocenters. The minimum atomic E-state index is -2.84. The number of hydrogen-bond donors (Lipinski definition) is 1. The van der Waals surface area contributed by atoms with Crippen molar-refractivity contribution in [2.45, 2.75) is 68.6 Å². The Labute approximate surface area is 127 Å². The predicted molar refractivity (Wildman–Crippen MR) is 81.6 cm³/mol. The first-order valence-electron chi connectivity index (χ1n) is 8.04. The Kier molecular flexibility index (Phi) is 4.02. The highest BCUT2D eigenvalue weighted by molar-refractivity contribution is 7.91. The van der Waals surface area contributed by atoms with Crippen LogP contribution < -0.4 is 5.32 Å². The molecule has 2 aliphatic carbocycles. The summed E-state index contributed by atoms with van der Waals surface area (Å²) in [5, 5.41) is 13.2. The molecule has 5 nitrogen and oxygen atoms in total. The van der Waals surface area contributed by atoms with Gasteiger partial charge in [0, 0.05) is 18.1 Å². The molecule has 3 rings (SSSR count). The number of nitriles is 1. The average Bonchev–Trinajstić information content (AvgIpc) is 3.19. The van der Waals surface area contributed by atoms with Crippen LogP contribution in [0.3, 0.4) is 0 Å². The zero-order valence-corrected chi connectivity index (χ0v) is 13.5. The van der Waals surface area contributed by atoms with Crippen molar-refractivity contribution in [3.05, 3.63) is 0 Å². The molecule has 2 saturated carbocycles. The number of sulfone groups is 1. The Morgan fingerprint density at radius 1 is 1.24 bits per heavy atom. The van der Waals surface area contributed by atoms with Gasteiger partial charge in [0.25, 0.3) is 0 Å². The maximum absolute atomic E-state index is 11.7. The Bertz CT molecular complexity index is 538. The average molecular weight is 311 g/mol. The largest absolute Gasteiger partial charge is 0.299 e. The summed E-state index contributed by atoms with van der Waals surface area (Å²) in [4.78, 5) is 2.24. The fraction of sp³-hybridized carbons (Fsp3) is 0.933. The first-order chi connectivity index (χ1) is 9.93. The van der Waals surface area contributed by atoms with E-state index in [0.717, 1.165) is 32.1 Å². The van der Waals surface area contributed by atoms with Gasteiger partial charge in [-0.2, -0.15) is 5.26 Å². The van der Waals surface area contributed by atoms with Gasteiger partial charge in [-0.05, 0) is 52.0 Å². The van der Waals surface area contributed by atoms with Crippen molar-refractivity contribution in [1.29, 1.82) is 5.26 Å². The Morgan fingerprint density at radius 3 is 2.57 bits per heavy atom. The van der Waals surface area contributed by atoms with Crippen LogP contribution in [-0.4, -0.2) is 55.5 Å². The van der Waals surface area contributed by atoms with E-state index in [0.29, 0.717) is 17.8 Å². The van der Waals surface area contributed by atoms with E-state index in [2.05, 4.69) is 16.3 Å². The van der Waals surface area contributed by atoms with Crippen LogP contribution in [0, 0.1) is 11.3 Å². The molecule has 0 aromatic heterocycles. The normalized spacial score (nSPS) is 39.3. The smallest absolute Gasteiger partial charge is 0.151 e. The summed E-state index contributed by atoms with van der Waals surface area (Å²) in [6.07, 6.45) is 6.98. The Balaban J connectivity index is 1.66. The highest BCUT2D eigenvalue weighted by Gasteiger charge is 2.43. The first kappa shape index (κ1) is 15.3. The predicted octanol–water partition coefficient (Wildman–Crippen LogP) is 1.06. The number of hydrogen-bond acceptors (Lipinski definition) is 5. The Morgan fingerprint density at radius 2 is 2.00 bits per heavy atom. The summed E-state index contributed by atoms with van der Waals surface area (Å²) in [6.45, 7) is 0. The summed E-state index contributed by atoms with van der Waals surface area (Å²) in [5.74, 6) is 0.605. The molecule has 0 aromatic carbocycles. The van der Waals surface area contributed by atoms with Crippen molar-refractivity contribution < 1.29 is 8.42 Å². The second-order valence-corrected chi connectivity index (χ2v) is 9.31. The van der Waals surface area contributed by atoms with Crippen molar-refractivity contribution in [2.24, 2.45) is 0 Å². The third-order valence-electron chi connectivity index (χ3n) is 5.36. The van der Waals surface area contributed by atoms with Gasteiger partial charge >= 0.3 is 0 Å². The first-order valence-corrected chi connectivity index (χ1v) is 9.86. The summed E-state index contributed by atoms with van der Waals surface area (Å²) in [5.41, 5.74) is -0.393. The van der Waals surface area contributed by atoms with Gasteiger partial charge < -0.3 is 0 Å². The SMILES string of the molecule is CN(C1CCCC(C#N)(NC2CC2)C1)C1CCS(=O)(=O)C1. The lowest BCUT2D eigenvalue weighted by Gasteiger charge is -2.42. The van der Waals surface area contributed by atoms with Crippen molar-refractivity contribution in [1.82, 2.24) is 10.2 Å². The fourth-order valence-electron chi connectivity index (χ4n) is 3.87. The van der Waals surface area contributed by atoms with Crippen molar-refractivity contribution in [3.63, 3.8) is 0 Å². The number of nitrogens with zero attached hydrogens (tertiary/aromatic N) is 2. The molecule has 0 amide bonds. The second-order valence-electron chi connectivity index (χ2n) is 7.09. The molecule has 0 aromatic rings. The van der Waals surface area contributed by atoms with Crippen LogP contribution in [0.4, 0.5) is 0 Å². The quantitative estimate of drug-likeness (QED) is 0.840. The third kappa shape index (κ3) is 3.41. The van der Waals surface area contributed by atoms with Crippen LogP contribution in [0.25, 0.3) is 0 Å². The fourth-order valence-corrected chi connectivity index (χ4v) is 5.66. The molecule has 1 aliphatic heterocycles. The minimum absolute atomic E-state index is 0.135. The van der Waals surface area contributed by atoms with Crippen LogP contribution in [0.5, 0.6) is 0 Å². The number of nitrogens with one attached hydrogen (secondary N) is 1. The molecule has 1 heterocycles. The standard InChI is InChI=1S/C15H25N3O2S/c1-18(14-6-8-21(19,20)10-14)13-3-2-7-15(9-13,11-16)17-12-4-5-12/h12-14,17H,2-10H2,1H3. The highest BCUT2D eigenvalue weighted by atomic mass is 32.2. The van der Waals surface area contributed by atoms with Crippen molar-refractivity contribution >= 4 is 9.84 Å². The van der Waals surface area contributed by atoms with Gasteiger partial charge in [0.05, 0.1) is 17.6 Å². The zero-order chi connectivity index (χ0) is 15.1. The summed E-state index contributed by atoms with van der Waals surface area (Å²) < 4.78 is 23.3. The van der Waals surface area contributed by atoms with Crippen LogP contribution in [0.2, 0.25) is 0 Å². The maximum Gasteiger partial charge on any atom is 0.151 e. The zero-order valence-electron chi connectivity index (χ0n) is 12.7. The number of rotatable bonds is 4. The lowest BCUT2D eigenvalue weighted by molar-refractivity contribution is 0.114.